The predicted molar refractivity (Wildman–Crippen MR) is 155 cm³/mol. The monoisotopic (exact) mass is 557 g/mol. The predicted octanol–water partition coefficient (Wildman–Crippen LogP) is 4.16. The number of carbonyl (C=O) groups excluding carboxylic acids is 1. The van der Waals surface area contributed by atoms with Gasteiger partial charge in [0.1, 0.15) is 5.69 Å². The van der Waals surface area contributed by atoms with E-state index in [1.807, 2.05) is 33.8 Å². The van der Waals surface area contributed by atoms with E-state index in [4.69, 9.17) is 4.74 Å². The SMILES string of the molecule is Cn1cc(-c2cccc(N3CCc4c(sc5c4CCCC5)C3=O)c2CO)cc(Nc2cc3n(n2)CCOC3)c1=O. The quantitative estimate of drug-likeness (QED) is 0.382. The average Bonchev–Trinajstić information content (AvgIpc) is 3.56. The van der Waals surface area contributed by atoms with Crippen molar-refractivity contribution in [3.8, 4) is 11.1 Å². The molecular formula is C30H31N5O4S. The third-order valence-corrected chi connectivity index (χ3v) is 9.55. The number of carbonyl (C=O) groups is 1. The van der Waals surface area contributed by atoms with Gasteiger partial charge in [-0.05, 0) is 60.9 Å². The minimum absolute atomic E-state index is 0.0167. The van der Waals surface area contributed by atoms with Crippen LogP contribution < -0.4 is 15.8 Å². The van der Waals surface area contributed by atoms with Gasteiger partial charge in [0.15, 0.2) is 5.82 Å². The number of aliphatic hydroxyl groups excluding tert-OH is 1. The van der Waals surface area contributed by atoms with Gasteiger partial charge in [0.25, 0.3) is 11.5 Å². The number of nitrogens with one attached hydrogen (secondary N) is 1. The van der Waals surface area contributed by atoms with Crippen molar-refractivity contribution in [2.45, 2.75) is 51.9 Å². The molecular weight excluding hydrogens is 526 g/mol. The third kappa shape index (κ3) is 4.18. The fourth-order valence-corrected chi connectivity index (χ4v) is 7.64. The Labute approximate surface area is 235 Å². The van der Waals surface area contributed by atoms with Crippen molar-refractivity contribution in [3.05, 3.63) is 79.0 Å². The fraction of sp³-hybridized carbons (Fsp3) is 0.367. The average molecular weight is 558 g/mol. The van der Waals surface area contributed by atoms with Crippen LogP contribution in [0.5, 0.6) is 0 Å². The molecule has 0 saturated carbocycles. The Hall–Kier alpha value is -3.73. The van der Waals surface area contributed by atoms with Crippen molar-refractivity contribution in [1.29, 1.82) is 0 Å². The van der Waals surface area contributed by atoms with Gasteiger partial charge in [0.2, 0.25) is 0 Å². The summed E-state index contributed by atoms with van der Waals surface area (Å²) in [5.74, 6) is 0.599. The zero-order valence-electron chi connectivity index (χ0n) is 22.4. The highest BCUT2D eigenvalue weighted by molar-refractivity contribution is 7.14. The lowest BCUT2D eigenvalue weighted by Crippen LogP contribution is -2.37. The molecule has 40 heavy (non-hydrogen) atoms. The molecule has 1 amide bonds. The molecule has 0 radical (unpaired) electrons. The highest BCUT2D eigenvalue weighted by Crippen LogP contribution is 2.40. The van der Waals surface area contributed by atoms with Gasteiger partial charge in [-0.15, -0.1) is 11.3 Å². The Morgan fingerprint density at radius 2 is 1.98 bits per heavy atom. The number of amides is 1. The molecule has 9 nitrogen and oxygen atoms in total. The summed E-state index contributed by atoms with van der Waals surface area (Å²) < 4.78 is 8.92. The van der Waals surface area contributed by atoms with Gasteiger partial charge in [-0.25, -0.2) is 0 Å². The minimum Gasteiger partial charge on any atom is -0.392 e. The number of thiophene rings is 1. The van der Waals surface area contributed by atoms with Crippen LogP contribution >= 0.6 is 11.3 Å². The molecule has 5 heterocycles. The second kappa shape index (κ2) is 10.0. The van der Waals surface area contributed by atoms with Crippen LogP contribution in [0.25, 0.3) is 11.1 Å². The number of aromatic nitrogens is 3. The summed E-state index contributed by atoms with van der Waals surface area (Å²) in [6.07, 6.45) is 7.12. The first-order chi connectivity index (χ1) is 19.5. The fourth-order valence-electron chi connectivity index (χ4n) is 6.25. The number of nitrogens with zero attached hydrogens (tertiary/aromatic N) is 4. The molecule has 1 aromatic carbocycles. The molecule has 2 aliphatic heterocycles. The molecule has 2 N–H and O–H groups in total. The lowest BCUT2D eigenvalue weighted by molar-refractivity contribution is 0.0801. The minimum atomic E-state index is -0.234. The second-order valence-electron chi connectivity index (χ2n) is 10.7. The smallest absolute Gasteiger partial charge is 0.274 e. The van der Waals surface area contributed by atoms with Gasteiger partial charge in [-0.2, -0.15) is 5.10 Å². The Balaban J connectivity index is 1.25. The molecule has 206 valence electrons. The number of aliphatic hydroxyl groups is 1. The van der Waals surface area contributed by atoms with Crippen LogP contribution in [0.1, 0.15) is 49.8 Å². The first-order valence-corrected chi connectivity index (χ1v) is 14.6. The summed E-state index contributed by atoms with van der Waals surface area (Å²) in [7, 11) is 1.71. The standard InChI is InChI=1S/C30H31N5O4S/c1-33-15-18(13-24(29(33)37)31-27-14-19-17-39-12-11-35(19)32-27)20-6-4-7-25(23(20)16-36)34-10-9-22-21-5-2-3-8-26(21)40-28(22)30(34)38/h4,6-7,13-15,36H,2-3,5,8-12,16-17H2,1H3,(H,31,32). The molecule has 0 unspecified atom stereocenters. The normalized spacial score (nSPS) is 16.4. The lowest BCUT2D eigenvalue weighted by Gasteiger charge is -2.30. The molecule has 4 aromatic rings. The molecule has 10 heteroatoms. The number of benzene rings is 1. The maximum atomic E-state index is 13.8. The zero-order chi connectivity index (χ0) is 27.4. The number of hydrogen-bond donors (Lipinski definition) is 2. The Morgan fingerprint density at radius 1 is 1.10 bits per heavy atom. The van der Waals surface area contributed by atoms with E-state index >= 15 is 0 Å². The summed E-state index contributed by atoms with van der Waals surface area (Å²) in [6, 6.07) is 9.43. The van der Waals surface area contributed by atoms with Crippen molar-refractivity contribution in [3.63, 3.8) is 0 Å². The van der Waals surface area contributed by atoms with Crippen LogP contribution in [0.4, 0.5) is 17.2 Å². The van der Waals surface area contributed by atoms with E-state index in [-0.39, 0.29) is 18.1 Å². The van der Waals surface area contributed by atoms with E-state index in [1.54, 1.807) is 30.6 Å². The van der Waals surface area contributed by atoms with Gasteiger partial charge >= 0.3 is 0 Å². The van der Waals surface area contributed by atoms with E-state index < -0.39 is 0 Å². The van der Waals surface area contributed by atoms with Crippen molar-refractivity contribution < 1.29 is 14.6 Å². The molecule has 7 rings (SSSR count). The third-order valence-electron chi connectivity index (χ3n) is 8.22. The highest BCUT2D eigenvalue weighted by Gasteiger charge is 2.33. The molecule has 3 aliphatic rings. The van der Waals surface area contributed by atoms with E-state index in [0.717, 1.165) is 41.0 Å². The number of rotatable bonds is 5. The summed E-state index contributed by atoms with van der Waals surface area (Å²) in [4.78, 5) is 30.9. The molecule has 0 atom stereocenters. The summed E-state index contributed by atoms with van der Waals surface area (Å²) in [5.41, 5.74) is 6.72. The number of aryl methyl sites for hydroxylation is 2. The van der Waals surface area contributed by atoms with Crippen molar-refractivity contribution >= 4 is 34.4 Å². The number of hydrogen-bond acceptors (Lipinski definition) is 7. The first-order valence-electron chi connectivity index (χ1n) is 13.8. The van der Waals surface area contributed by atoms with Crippen molar-refractivity contribution in [1.82, 2.24) is 14.3 Å². The highest BCUT2D eigenvalue weighted by atomic mass is 32.1. The number of anilines is 3. The summed E-state index contributed by atoms with van der Waals surface area (Å²) in [6.45, 7) is 2.13. The molecule has 0 fully saturated rings. The number of pyridine rings is 1. The van der Waals surface area contributed by atoms with Gasteiger partial charge in [-0.3, -0.25) is 14.3 Å². The van der Waals surface area contributed by atoms with Crippen LogP contribution in [-0.4, -0.2) is 38.5 Å². The molecule has 0 saturated heterocycles. The first kappa shape index (κ1) is 25.3. The number of fused-ring (bicyclic) bond motifs is 4. The van der Waals surface area contributed by atoms with Crippen LogP contribution in [-0.2, 0) is 50.8 Å². The molecule has 3 aromatic heterocycles. The van der Waals surface area contributed by atoms with E-state index in [0.29, 0.717) is 49.1 Å². The van der Waals surface area contributed by atoms with E-state index in [9.17, 15) is 14.7 Å². The maximum Gasteiger partial charge on any atom is 0.274 e. The number of ether oxygens (including phenoxy) is 1. The van der Waals surface area contributed by atoms with Crippen LogP contribution in [0.15, 0.2) is 41.3 Å². The molecule has 0 spiro atoms. The molecule has 0 bridgehead atoms. The van der Waals surface area contributed by atoms with Gasteiger partial charge in [0.05, 0.1) is 42.6 Å². The van der Waals surface area contributed by atoms with Gasteiger partial charge in [0, 0.05) is 41.9 Å². The summed E-state index contributed by atoms with van der Waals surface area (Å²) >= 11 is 1.66. The van der Waals surface area contributed by atoms with Crippen molar-refractivity contribution in [2.75, 3.05) is 23.4 Å². The van der Waals surface area contributed by atoms with Crippen molar-refractivity contribution in [2.24, 2.45) is 7.05 Å². The maximum absolute atomic E-state index is 13.8. The zero-order valence-corrected chi connectivity index (χ0v) is 23.2. The Kier molecular flexibility index (Phi) is 6.33. The lowest BCUT2D eigenvalue weighted by atomic mass is 9.91. The van der Waals surface area contributed by atoms with Gasteiger partial charge < -0.3 is 24.6 Å². The topological polar surface area (TPSA) is 102 Å². The summed E-state index contributed by atoms with van der Waals surface area (Å²) in [5, 5.41) is 18.3. The molecule has 1 aliphatic carbocycles. The van der Waals surface area contributed by atoms with Crippen LogP contribution in [0.2, 0.25) is 0 Å². The van der Waals surface area contributed by atoms with Crippen LogP contribution in [0.3, 0.4) is 0 Å². The van der Waals surface area contributed by atoms with Crippen LogP contribution in [0, 0.1) is 0 Å². The second-order valence-corrected chi connectivity index (χ2v) is 11.8. The Morgan fingerprint density at radius 3 is 2.83 bits per heavy atom. The van der Waals surface area contributed by atoms with E-state index in [1.165, 1.54) is 33.4 Å². The Bertz CT molecular complexity index is 1680. The largest absolute Gasteiger partial charge is 0.392 e. The van der Waals surface area contributed by atoms with E-state index in [2.05, 4.69) is 10.4 Å². The van der Waals surface area contributed by atoms with Gasteiger partial charge in [-0.1, -0.05) is 12.1 Å².